The lowest BCUT2D eigenvalue weighted by molar-refractivity contribution is -0.118. The van der Waals surface area contributed by atoms with Crippen LogP contribution in [0.15, 0.2) is 60.7 Å². The minimum Gasteiger partial charge on any atom is -0.351 e. The fourth-order valence-electron chi connectivity index (χ4n) is 2.15. The molecule has 1 N–H and O–H groups in total. The smallest absolute Gasteiger partial charge is 0.230 e. The average molecular weight is 339 g/mol. The van der Waals surface area contributed by atoms with E-state index in [9.17, 15) is 4.79 Å². The number of tetrazole rings is 1. The van der Waals surface area contributed by atoms with Gasteiger partial charge in [-0.15, -0.1) is 16.9 Å². The molecule has 0 fully saturated rings. The van der Waals surface area contributed by atoms with Gasteiger partial charge < -0.3 is 5.32 Å². The van der Waals surface area contributed by atoms with Gasteiger partial charge in [-0.05, 0) is 28.1 Å². The molecule has 0 saturated heterocycles. The van der Waals surface area contributed by atoms with Crippen molar-refractivity contribution in [3.05, 3.63) is 72.1 Å². The van der Waals surface area contributed by atoms with Crippen molar-refractivity contribution in [2.45, 2.75) is 12.3 Å². The maximum Gasteiger partial charge on any atom is 0.230 e. The Labute approximate surface area is 144 Å². The molecule has 0 atom stereocenters. The predicted octanol–water partition coefficient (Wildman–Crippen LogP) is 2.21. The first-order chi connectivity index (χ1) is 11.8. The van der Waals surface area contributed by atoms with Gasteiger partial charge in [0.1, 0.15) is 0 Å². The van der Waals surface area contributed by atoms with Crippen LogP contribution in [0.2, 0.25) is 0 Å². The number of rotatable bonds is 7. The summed E-state index contributed by atoms with van der Waals surface area (Å²) >= 11 is 1.49. The second-order valence-corrected chi connectivity index (χ2v) is 6.08. The van der Waals surface area contributed by atoms with Gasteiger partial charge in [-0.2, -0.15) is 4.68 Å². The highest BCUT2D eigenvalue weighted by atomic mass is 32.2. The van der Waals surface area contributed by atoms with Crippen molar-refractivity contribution in [1.29, 1.82) is 0 Å². The molecule has 24 heavy (non-hydrogen) atoms. The molecule has 0 aliphatic heterocycles. The Morgan fingerprint density at radius 2 is 1.75 bits per heavy atom. The van der Waals surface area contributed by atoms with E-state index in [4.69, 9.17) is 0 Å². The van der Waals surface area contributed by atoms with E-state index in [1.165, 1.54) is 11.8 Å². The first kappa shape index (κ1) is 16.2. The van der Waals surface area contributed by atoms with Crippen molar-refractivity contribution in [1.82, 2.24) is 25.5 Å². The highest BCUT2D eigenvalue weighted by Crippen LogP contribution is 2.13. The van der Waals surface area contributed by atoms with Gasteiger partial charge >= 0.3 is 0 Å². The number of hydrogen-bond donors (Lipinski definition) is 1. The third kappa shape index (κ3) is 4.42. The number of carbonyl (C=O) groups excluding carboxylic acids is 1. The van der Waals surface area contributed by atoms with Crippen LogP contribution in [-0.2, 0) is 17.1 Å². The van der Waals surface area contributed by atoms with Crippen LogP contribution in [0, 0.1) is 0 Å². The van der Waals surface area contributed by atoms with Crippen LogP contribution in [-0.4, -0.2) is 31.9 Å². The highest BCUT2D eigenvalue weighted by molar-refractivity contribution is 7.99. The molecule has 0 unspecified atom stereocenters. The summed E-state index contributed by atoms with van der Waals surface area (Å²) in [4.78, 5) is 11.9. The molecule has 1 aromatic heterocycles. The van der Waals surface area contributed by atoms with Crippen LogP contribution >= 0.6 is 11.8 Å². The molecule has 2 aromatic carbocycles. The van der Waals surface area contributed by atoms with E-state index >= 15 is 0 Å². The minimum absolute atomic E-state index is 0.00240. The highest BCUT2D eigenvalue weighted by Gasteiger charge is 2.09. The van der Waals surface area contributed by atoms with Crippen molar-refractivity contribution < 1.29 is 4.79 Å². The third-order valence-electron chi connectivity index (χ3n) is 3.33. The van der Waals surface area contributed by atoms with Crippen LogP contribution in [0.25, 0.3) is 5.69 Å². The summed E-state index contributed by atoms with van der Waals surface area (Å²) in [7, 11) is 0. The molecular weight excluding hydrogens is 322 g/mol. The van der Waals surface area contributed by atoms with Gasteiger partial charge in [-0.25, -0.2) is 0 Å². The maximum atomic E-state index is 11.9. The SMILES string of the molecule is O=C(CSCc1nnnn1-c1ccccc1)NCc1ccccc1. The lowest BCUT2D eigenvalue weighted by Crippen LogP contribution is -2.24. The molecule has 122 valence electrons. The molecule has 1 amide bonds. The largest absolute Gasteiger partial charge is 0.351 e. The number of carbonyl (C=O) groups is 1. The predicted molar refractivity (Wildman–Crippen MR) is 93.6 cm³/mol. The van der Waals surface area contributed by atoms with Gasteiger partial charge in [0, 0.05) is 6.54 Å². The van der Waals surface area contributed by atoms with E-state index in [0.29, 0.717) is 18.1 Å². The maximum absolute atomic E-state index is 11.9. The number of para-hydroxylation sites is 1. The average Bonchev–Trinajstić information content (AvgIpc) is 3.10. The monoisotopic (exact) mass is 339 g/mol. The number of nitrogens with zero attached hydrogens (tertiary/aromatic N) is 4. The van der Waals surface area contributed by atoms with E-state index in [1.54, 1.807) is 4.68 Å². The molecule has 0 spiro atoms. The number of amides is 1. The Morgan fingerprint density at radius 1 is 1.04 bits per heavy atom. The molecule has 0 bridgehead atoms. The number of hydrogen-bond acceptors (Lipinski definition) is 5. The first-order valence-electron chi connectivity index (χ1n) is 7.54. The Bertz CT molecular complexity index is 776. The standard InChI is InChI=1S/C17H17N5OS/c23-17(18-11-14-7-3-1-4-8-14)13-24-12-16-19-20-21-22(16)15-9-5-2-6-10-15/h1-10H,11-13H2,(H,18,23). The normalized spacial score (nSPS) is 10.5. The molecule has 6 nitrogen and oxygen atoms in total. The van der Waals surface area contributed by atoms with Crippen molar-refractivity contribution in [3.8, 4) is 5.69 Å². The van der Waals surface area contributed by atoms with Crippen molar-refractivity contribution in [2.24, 2.45) is 0 Å². The zero-order valence-electron chi connectivity index (χ0n) is 13.0. The second-order valence-electron chi connectivity index (χ2n) is 5.10. The van der Waals surface area contributed by atoms with E-state index < -0.39 is 0 Å². The van der Waals surface area contributed by atoms with Gasteiger partial charge in [0.25, 0.3) is 0 Å². The second kappa shape index (κ2) is 8.26. The number of nitrogens with one attached hydrogen (secondary N) is 1. The summed E-state index contributed by atoms with van der Waals surface area (Å²) in [6.45, 7) is 0.544. The van der Waals surface area contributed by atoms with Crippen molar-refractivity contribution >= 4 is 17.7 Å². The van der Waals surface area contributed by atoms with Crippen LogP contribution in [0.5, 0.6) is 0 Å². The molecule has 3 aromatic rings. The van der Waals surface area contributed by atoms with Gasteiger partial charge in [-0.3, -0.25) is 4.79 Å². The molecule has 1 heterocycles. The molecule has 0 saturated carbocycles. The first-order valence-corrected chi connectivity index (χ1v) is 8.69. The Hall–Kier alpha value is -2.67. The van der Waals surface area contributed by atoms with Gasteiger partial charge in [-0.1, -0.05) is 48.5 Å². The van der Waals surface area contributed by atoms with Crippen LogP contribution in [0.4, 0.5) is 0 Å². The lowest BCUT2D eigenvalue weighted by Gasteiger charge is -2.06. The third-order valence-corrected chi connectivity index (χ3v) is 4.26. The van der Waals surface area contributed by atoms with E-state index in [-0.39, 0.29) is 5.91 Å². The topological polar surface area (TPSA) is 72.7 Å². The van der Waals surface area contributed by atoms with Gasteiger partial charge in [0.15, 0.2) is 5.82 Å². The van der Waals surface area contributed by atoms with Crippen molar-refractivity contribution in [2.75, 3.05) is 5.75 Å². The fraction of sp³-hybridized carbons (Fsp3) is 0.176. The molecule has 3 rings (SSSR count). The summed E-state index contributed by atoms with van der Waals surface area (Å²) in [5.41, 5.74) is 2.00. The summed E-state index contributed by atoms with van der Waals surface area (Å²) in [5.74, 6) is 1.67. The molecule has 0 radical (unpaired) electrons. The lowest BCUT2D eigenvalue weighted by atomic mass is 10.2. The zero-order chi connectivity index (χ0) is 16.6. The fourth-order valence-corrected chi connectivity index (χ4v) is 2.90. The summed E-state index contributed by atoms with van der Waals surface area (Å²) in [6, 6.07) is 19.5. The summed E-state index contributed by atoms with van der Waals surface area (Å²) < 4.78 is 1.69. The molecule has 7 heteroatoms. The van der Waals surface area contributed by atoms with E-state index in [0.717, 1.165) is 17.1 Å². The summed E-state index contributed by atoms with van der Waals surface area (Å²) in [6.07, 6.45) is 0. The Morgan fingerprint density at radius 3 is 2.50 bits per heavy atom. The minimum atomic E-state index is 0.00240. The molecular formula is C17H17N5OS. The molecule has 0 aliphatic carbocycles. The zero-order valence-corrected chi connectivity index (χ0v) is 13.8. The van der Waals surface area contributed by atoms with E-state index in [2.05, 4.69) is 20.8 Å². The van der Waals surface area contributed by atoms with E-state index in [1.807, 2.05) is 60.7 Å². The Kier molecular flexibility index (Phi) is 5.57. The quantitative estimate of drug-likeness (QED) is 0.714. The summed E-state index contributed by atoms with van der Waals surface area (Å²) in [5, 5.41) is 14.7. The Balaban J connectivity index is 1.47. The van der Waals surface area contributed by atoms with Crippen LogP contribution in [0.1, 0.15) is 11.4 Å². The molecule has 0 aliphatic rings. The number of benzene rings is 2. The number of thioether (sulfide) groups is 1. The van der Waals surface area contributed by atoms with Gasteiger partial charge in [0.2, 0.25) is 5.91 Å². The van der Waals surface area contributed by atoms with Gasteiger partial charge in [0.05, 0.1) is 17.2 Å². The van der Waals surface area contributed by atoms with Crippen LogP contribution < -0.4 is 5.32 Å². The number of aromatic nitrogens is 4. The van der Waals surface area contributed by atoms with Crippen molar-refractivity contribution in [3.63, 3.8) is 0 Å². The van der Waals surface area contributed by atoms with Crippen LogP contribution in [0.3, 0.4) is 0 Å².